The molecule has 0 spiro atoms. The minimum Gasteiger partial charge on any atom is -0.309 e. The summed E-state index contributed by atoms with van der Waals surface area (Å²) in [5.74, 6) is -2.68. The molecule has 0 amide bonds. The fourth-order valence-electron chi connectivity index (χ4n) is 1.75. The molecule has 5 heteroatoms. The SMILES string of the molecule is CNC(c1ccsc1)c1c(F)cc(F)cc1F. The maximum atomic E-state index is 13.6. The van der Waals surface area contributed by atoms with Crippen LogP contribution in [0.15, 0.2) is 29.0 Å². The highest BCUT2D eigenvalue weighted by Gasteiger charge is 2.21. The van der Waals surface area contributed by atoms with Gasteiger partial charge in [-0.05, 0) is 29.4 Å². The number of benzene rings is 1. The molecule has 17 heavy (non-hydrogen) atoms. The lowest BCUT2D eigenvalue weighted by molar-refractivity contribution is 0.500. The molecule has 0 aliphatic rings. The van der Waals surface area contributed by atoms with E-state index in [-0.39, 0.29) is 5.56 Å². The van der Waals surface area contributed by atoms with E-state index in [1.165, 1.54) is 11.3 Å². The van der Waals surface area contributed by atoms with Gasteiger partial charge in [0.15, 0.2) is 0 Å². The van der Waals surface area contributed by atoms with Gasteiger partial charge in [-0.15, -0.1) is 0 Å². The van der Waals surface area contributed by atoms with Crippen LogP contribution in [0.2, 0.25) is 0 Å². The summed E-state index contributed by atoms with van der Waals surface area (Å²) < 4.78 is 40.1. The van der Waals surface area contributed by atoms with Gasteiger partial charge in [-0.1, -0.05) is 0 Å². The molecule has 0 saturated heterocycles. The Morgan fingerprint density at radius 1 is 1.18 bits per heavy atom. The topological polar surface area (TPSA) is 12.0 Å². The van der Waals surface area contributed by atoms with E-state index in [9.17, 15) is 13.2 Å². The van der Waals surface area contributed by atoms with Crippen molar-refractivity contribution in [3.63, 3.8) is 0 Å². The molecule has 0 bridgehead atoms. The maximum absolute atomic E-state index is 13.6. The summed E-state index contributed by atoms with van der Waals surface area (Å²) in [6.07, 6.45) is 0. The van der Waals surface area contributed by atoms with Crippen LogP contribution in [0, 0.1) is 17.5 Å². The van der Waals surface area contributed by atoms with Gasteiger partial charge in [0, 0.05) is 17.7 Å². The lowest BCUT2D eigenvalue weighted by Crippen LogP contribution is -2.20. The lowest BCUT2D eigenvalue weighted by Gasteiger charge is -2.17. The van der Waals surface area contributed by atoms with Crippen LogP contribution in [0.1, 0.15) is 17.2 Å². The standard InChI is InChI=1S/C12H10F3NS/c1-16-12(7-2-3-17-6-7)11-9(14)4-8(13)5-10(11)15/h2-6,12,16H,1H3. The molecule has 1 nitrogen and oxygen atoms in total. The molecular weight excluding hydrogens is 247 g/mol. The third kappa shape index (κ3) is 2.35. The van der Waals surface area contributed by atoms with Crippen LogP contribution in [-0.4, -0.2) is 7.05 Å². The van der Waals surface area contributed by atoms with E-state index in [0.29, 0.717) is 12.1 Å². The first-order valence-electron chi connectivity index (χ1n) is 4.97. The quantitative estimate of drug-likeness (QED) is 0.887. The molecular formula is C12H10F3NS. The van der Waals surface area contributed by atoms with Crippen LogP contribution in [-0.2, 0) is 0 Å². The van der Waals surface area contributed by atoms with Crippen molar-refractivity contribution in [1.29, 1.82) is 0 Å². The molecule has 1 aromatic carbocycles. The summed E-state index contributed by atoms with van der Waals surface area (Å²) in [4.78, 5) is 0. The fraction of sp³-hybridized carbons (Fsp3) is 0.167. The Morgan fingerprint density at radius 3 is 2.29 bits per heavy atom. The van der Waals surface area contributed by atoms with Gasteiger partial charge in [0.2, 0.25) is 0 Å². The van der Waals surface area contributed by atoms with Crippen molar-refractivity contribution in [1.82, 2.24) is 5.32 Å². The smallest absolute Gasteiger partial charge is 0.134 e. The first-order chi connectivity index (χ1) is 8.13. The third-order valence-corrected chi connectivity index (χ3v) is 3.20. The Hall–Kier alpha value is -1.33. The normalized spacial score (nSPS) is 12.7. The van der Waals surface area contributed by atoms with E-state index in [4.69, 9.17) is 0 Å². The van der Waals surface area contributed by atoms with Gasteiger partial charge in [0.25, 0.3) is 0 Å². The van der Waals surface area contributed by atoms with Gasteiger partial charge in [-0.3, -0.25) is 0 Å². The highest BCUT2D eigenvalue weighted by Crippen LogP contribution is 2.28. The second kappa shape index (κ2) is 4.89. The third-order valence-electron chi connectivity index (χ3n) is 2.50. The molecule has 2 rings (SSSR count). The Kier molecular flexibility index (Phi) is 3.49. The minimum absolute atomic E-state index is 0.160. The first-order valence-corrected chi connectivity index (χ1v) is 5.91. The van der Waals surface area contributed by atoms with Gasteiger partial charge < -0.3 is 5.32 Å². The van der Waals surface area contributed by atoms with Crippen LogP contribution in [0.4, 0.5) is 13.2 Å². The molecule has 1 unspecified atom stereocenters. The van der Waals surface area contributed by atoms with Gasteiger partial charge in [0.1, 0.15) is 17.5 Å². The molecule has 90 valence electrons. The van der Waals surface area contributed by atoms with Crippen molar-refractivity contribution in [3.8, 4) is 0 Å². The summed E-state index contributed by atoms with van der Waals surface area (Å²) in [6.45, 7) is 0. The second-order valence-electron chi connectivity index (χ2n) is 3.56. The molecule has 1 aromatic heterocycles. The molecule has 0 fully saturated rings. The average molecular weight is 257 g/mol. The van der Waals surface area contributed by atoms with Crippen LogP contribution in [0.25, 0.3) is 0 Å². The van der Waals surface area contributed by atoms with Crippen molar-refractivity contribution in [2.24, 2.45) is 0 Å². The van der Waals surface area contributed by atoms with Crippen LogP contribution < -0.4 is 5.32 Å². The van der Waals surface area contributed by atoms with E-state index in [1.54, 1.807) is 18.5 Å². The van der Waals surface area contributed by atoms with E-state index in [1.807, 2.05) is 5.38 Å². The van der Waals surface area contributed by atoms with Gasteiger partial charge >= 0.3 is 0 Å². The highest BCUT2D eigenvalue weighted by molar-refractivity contribution is 7.08. The van der Waals surface area contributed by atoms with Gasteiger partial charge in [-0.25, -0.2) is 13.2 Å². The monoisotopic (exact) mass is 257 g/mol. The molecule has 0 saturated carbocycles. The van der Waals surface area contributed by atoms with Crippen molar-refractivity contribution in [2.45, 2.75) is 6.04 Å². The Morgan fingerprint density at radius 2 is 1.82 bits per heavy atom. The van der Waals surface area contributed by atoms with Crippen molar-refractivity contribution >= 4 is 11.3 Å². The van der Waals surface area contributed by atoms with Crippen molar-refractivity contribution in [3.05, 3.63) is 57.5 Å². The minimum atomic E-state index is -0.913. The highest BCUT2D eigenvalue weighted by atomic mass is 32.1. The zero-order chi connectivity index (χ0) is 12.4. The van der Waals surface area contributed by atoms with Gasteiger partial charge in [-0.2, -0.15) is 11.3 Å². The average Bonchev–Trinajstić information content (AvgIpc) is 2.76. The van der Waals surface area contributed by atoms with Crippen LogP contribution >= 0.6 is 11.3 Å². The van der Waals surface area contributed by atoms with Crippen molar-refractivity contribution < 1.29 is 13.2 Å². The summed E-state index contributed by atoms with van der Waals surface area (Å²) in [6, 6.07) is 2.54. The van der Waals surface area contributed by atoms with Gasteiger partial charge in [0.05, 0.1) is 6.04 Å². The zero-order valence-corrected chi connectivity index (χ0v) is 9.82. The van der Waals surface area contributed by atoms with E-state index < -0.39 is 23.5 Å². The molecule has 0 aliphatic carbocycles. The number of rotatable bonds is 3. The summed E-state index contributed by atoms with van der Waals surface area (Å²) in [5, 5.41) is 6.44. The number of halogens is 3. The second-order valence-corrected chi connectivity index (χ2v) is 4.34. The predicted octanol–water partition coefficient (Wildman–Crippen LogP) is 3.47. The maximum Gasteiger partial charge on any atom is 0.134 e. The Balaban J connectivity index is 2.52. The number of nitrogens with one attached hydrogen (secondary N) is 1. The predicted molar refractivity (Wildman–Crippen MR) is 61.5 cm³/mol. The Bertz CT molecular complexity index is 487. The van der Waals surface area contributed by atoms with E-state index in [2.05, 4.69) is 5.32 Å². The zero-order valence-electron chi connectivity index (χ0n) is 9.01. The van der Waals surface area contributed by atoms with Crippen LogP contribution in [0.5, 0.6) is 0 Å². The summed E-state index contributed by atoms with van der Waals surface area (Å²) in [7, 11) is 1.60. The molecule has 1 N–H and O–H groups in total. The molecule has 2 aromatic rings. The molecule has 0 radical (unpaired) electrons. The molecule has 0 aliphatic heterocycles. The largest absolute Gasteiger partial charge is 0.309 e. The lowest BCUT2D eigenvalue weighted by atomic mass is 10.0. The Labute approximate surface area is 101 Å². The summed E-state index contributed by atoms with van der Waals surface area (Å²) >= 11 is 1.43. The first kappa shape index (κ1) is 12.1. The van der Waals surface area contributed by atoms with Crippen molar-refractivity contribution in [2.75, 3.05) is 7.05 Å². The number of hydrogen-bond donors (Lipinski definition) is 1. The molecule has 1 heterocycles. The number of hydrogen-bond acceptors (Lipinski definition) is 2. The fourth-order valence-corrected chi connectivity index (χ4v) is 2.43. The summed E-state index contributed by atoms with van der Waals surface area (Å²) in [5.41, 5.74) is 0.592. The van der Waals surface area contributed by atoms with Crippen LogP contribution in [0.3, 0.4) is 0 Å². The van der Waals surface area contributed by atoms with E-state index in [0.717, 1.165) is 5.56 Å². The van der Waals surface area contributed by atoms with E-state index >= 15 is 0 Å². The number of thiophene rings is 1. The molecule has 1 atom stereocenters.